The summed E-state index contributed by atoms with van der Waals surface area (Å²) in [5, 5.41) is 60.2. The number of carbonyl (C=O) groups excluding carboxylic acids is 1. The fraction of sp³-hybridized carbons (Fsp3) is 0.565. The van der Waals surface area contributed by atoms with Crippen molar-refractivity contribution < 1.29 is 59.2 Å². The van der Waals surface area contributed by atoms with Gasteiger partial charge in [0.05, 0.1) is 23.5 Å². The number of aliphatic hydroxyl groups excluding tert-OH is 4. The third-order valence-electron chi connectivity index (χ3n) is 6.88. The molecule has 0 radical (unpaired) electrons. The predicted octanol–water partition coefficient (Wildman–Crippen LogP) is -0.669. The number of rotatable bonds is 6. The molecule has 35 heavy (non-hydrogen) atoms. The maximum Gasteiger partial charge on any atom is 0.338 e. The van der Waals surface area contributed by atoms with Gasteiger partial charge in [-0.05, 0) is 36.6 Å². The number of fused-ring (bicyclic) bond motifs is 1. The number of hydrogen-bond acceptors (Lipinski definition) is 11. The van der Waals surface area contributed by atoms with Crippen molar-refractivity contribution in [3.63, 3.8) is 0 Å². The van der Waals surface area contributed by atoms with Gasteiger partial charge in [-0.25, -0.2) is 9.59 Å². The topological polar surface area (TPSA) is 192 Å². The quantitative estimate of drug-likeness (QED) is 0.273. The molecule has 1 aromatic carbocycles. The normalized spacial score (nSPS) is 38.7. The lowest BCUT2D eigenvalue weighted by molar-refractivity contribution is -0.342. The number of aromatic hydroxyl groups is 1. The second-order valence-electron chi connectivity index (χ2n) is 9.02. The summed E-state index contributed by atoms with van der Waals surface area (Å²) in [7, 11) is 0. The average Bonchev–Trinajstić information content (AvgIpc) is 3.13. The minimum Gasteiger partial charge on any atom is -0.508 e. The second kappa shape index (κ2) is 10.1. The summed E-state index contributed by atoms with van der Waals surface area (Å²) >= 11 is 0. The van der Waals surface area contributed by atoms with E-state index >= 15 is 0 Å². The van der Waals surface area contributed by atoms with Crippen LogP contribution in [-0.2, 0) is 23.7 Å². The first-order chi connectivity index (χ1) is 16.6. The number of carbonyl (C=O) groups is 2. The molecule has 0 bridgehead atoms. The van der Waals surface area contributed by atoms with Gasteiger partial charge in [0, 0.05) is 11.8 Å². The van der Waals surface area contributed by atoms with Crippen molar-refractivity contribution in [1.82, 2.24) is 0 Å². The molecule has 4 rings (SSSR count). The van der Waals surface area contributed by atoms with Crippen molar-refractivity contribution in [3.8, 4) is 5.75 Å². The maximum atomic E-state index is 12.2. The molecule has 0 spiro atoms. The Morgan fingerprint density at radius 3 is 2.37 bits per heavy atom. The van der Waals surface area contributed by atoms with E-state index in [9.17, 15) is 40.2 Å². The van der Waals surface area contributed by atoms with E-state index in [2.05, 4.69) is 0 Å². The Hall–Kier alpha value is -2.74. The first-order valence-electron chi connectivity index (χ1n) is 11.2. The van der Waals surface area contributed by atoms with Gasteiger partial charge in [0.25, 0.3) is 0 Å². The fourth-order valence-corrected chi connectivity index (χ4v) is 4.81. The van der Waals surface area contributed by atoms with Gasteiger partial charge in [-0.2, -0.15) is 0 Å². The number of phenolic OH excluding ortho intramolecular Hbond substituents is 1. The minimum atomic E-state index is -1.71. The van der Waals surface area contributed by atoms with E-state index in [1.807, 2.05) is 0 Å². The Balaban J connectivity index is 1.45. The van der Waals surface area contributed by atoms with E-state index in [0.717, 1.165) is 6.26 Å². The summed E-state index contributed by atoms with van der Waals surface area (Å²) in [6, 6.07) is 5.28. The van der Waals surface area contributed by atoms with Gasteiger partial charge >= 0.3 is 11.9 Å². The number of esters is 1. The van der Waals surface area contributed by atoms with Crippen LogP contribution in [0.1, 0.15) is 23.7 Å². The van der Waals surface area contributed by atoms with Crippen LogP contribution in [0, 0.1) is 17.8 Å². The van der Waals surface area contributed by atoms with Crippen LogP contribution >= 0.6 is 0 Å². The lowest BCUT2D eigenvalue weighted by Gasteiger charge is -2.43. The molecule has 1 aromatic rings. The smallest absolute Gasteiger partial charge is 0.338 e. The highest BCUT2D eigenvalue weighted by atomic mass is 16.8. The molecule has 10 unspecified atom stereocenters. The predicted molar refractivity (Wildman–Crippen MR) is 114 cm³/mol. The average molecular weight is 496 g/mol. The van der Waals surface area contributed by atoms with Crippen LogP contribution in [0.4, 0.5) is 0 Å². The van der Waals surface area contributed by atoms with Crippen molar-refractivity contribution in [2.45, 2.75) is 56.4 Å². The Kier molecular flexibility index (Phi) is 7.31. The number of ether oxygens (including phenoxy) is 4. The summed E-state index contributed by atoms with van der Waals surface area (Å²) in [6.07, 6.45) is -8.46. The molecule has 2 aliphatic heterocycles. The van der Waals surface area contributed by atoms with Crippen LogP contribution in [0.15, 0.2) is 36.1 Å². The Bertz CT molecular complexity index is 962. The van der Waals surface area contributed by atoms with Crippen molar-refractivity contribution in [2.24, 2.45) is 17.8 Å². The molecular formula is C23H28O12. The van der Waals surface area contributed by atoms with Crippen LogP contribution in [0.3, 0.4) is 0 Å². The van der Waals surface area contributed by atoms with Gasteiger partial charge in [-0.3, -0.25) is 0 Å². The third kappa shape index (κ3) is 4.99. The Labute approximate surface area is 199 Å². The zero-order valence-electron chi connectivity index (χ0n) is 18.7. The standard InChI is InChI=1S/C23H28O12/c1-9-14(25)6-12-13(20(29)30)7-33-22(16(9)12)35-23-19(28)18(27)17(26)15(34-23)8-32-21(31)10-2-4-11(24)5-3-10/h2-5,7,9,12,14-19,22-28H,6,8H2,1H3,(H,29,30). The van der Waals surface area contributed by atoms with Crippen LogP contribution in [0.5, 0.6) is 5.75 Å². The van der Waals surface area contributed by atoms with Gasteiger partial charge in [0.15, 0.2) is 6.29 Å². The number of benzene rings is 1. The molecule has 1 aliphatic carbocycles. The lowest BCUT2D eigenvalue weighted by Crippen LogP contribution is -2.60. The molecule has 192 valence electrons. The monoisotopic (exact) mass is 496 g/mol. The van der Waals surface area contributed by atoms with Crippen LogP contribution in [-0.4, -0.2) is 92.3 Å². The number of hydrogen-bond donors (Lipinski definition) is 6. The van der Waals surface area contributed by atoms with Gasteiger partial charge < -0.3 is 49.6 Å². The number of aliphatic carboxylic acids is 1. The van der Waals surface area contributed by atoms with Crippen molar-refractivity contribution in [1.29, 1.82) is 0 Å². The largest absolute Gasteiger partial charge is 0.508 e. The summed E-state index contributed by atoms with van der Waals surface area (Å²) in [6.45, 7) is 1.24. The highest BCUT2D eigenvalue weighted by molar-refractivity contribution is 5.89. The van der Waals surface area contributed by atoms with E-state index in [1.165, 1.54) is 24.3 Å². The molecule has 3 aliphatic rings. The molecule has 0 aromatic heterocycles. The highest BCUT2D eigenvalue weighted by Gasteiger charge is 2.53. The SMILES string of the molecule is CC1C(O)CC2C(C(=O)O)=COC(OC3OC(COC(=O)c4ccc(O)cc4)C(O)C(O)C3O)C21. The van der Waals surface area contributed by atoms with Crippen LogP contribution in [0.2, 0.25) is 0 Å². The first-order valence-corrected chi connectivity index (χ1v) is 11.2. The summed E-state index contributed by atoms with van der Waals surface area (Å²) in [5.41, 5.74) is 0.135. The molecule has 2 heterocycles. The molecule has 1 saturated heterocycles. The summed E-state index contributed by atoms with van der Waals surface area (Å²) < 4.78 is 22.0. The fourth-order valence-electron chi connectivity index (χ4n) is 4.81. The number of aliphatic hydroxyl groups is 4. The van der Waals surface area contributed by atoms with Gasteiger partial charge in [0.1, 0.15) is 36.8 Å². The summed E-state index contributed by atoms with van der Waals surface area (Å²) in [5.74, 6) is -3.51. The zero-order chi connectivity index (χ0) is 25.4. The molecule has 1 saturated carbocycles. The highest BCUT2D eigenvalue weighted by Crippen LogP contribution is 2.47. The van der Waals surface area contributed by atoms with E-state index < -0.39 is 79.4 Å². The molecule has 12 heteroatoms. The van der Waals surface area contributed by atoms with Crippen LogP contribution in [0.25, 0.3) is 0 Å². The Morgan fingerprint density at radius 2 is 1.71 bits per heavy atom. The van der Waals surface area contributed by atoms with Crippen molar-refractivity contribution >= 4 is 11.9 Å². The van der Waals surface area contributed by atoms with Gasteiger partial charge in [0.2, 0.25) is 6.29 Å². The van der Waals surface area contributed by atoms with Crippen LogP contribution < -0.4 is 0 Å². The Morgan fingerprint density at radius 1 is 1.03 bits per heavy atom. The molecule has 0 amide bonds. The van der Waals surface area contributed by atoms with Gasteiger partial charge in [-0.15, -0.1) is 0 Å². The zero-order valence-corrected chi connectivity index (χ0v) is 18.7. The van der Waals surface area contributed by atoms with Crippen molar-refractivity contribution in [2.75, 3.05) is 6.61 Å². The molecule has 12 nitrogen and oxygen atoms in total. The number of carboxylic acids is 1. The second-order valence-corrected chi connectivity index (χ2v) is 9.02. The van der Waals surface area contributed by atoms with E-state index in [0.29, 0.717) is 0 Å². The minimum absolute atomic E-state index is 0.00200. The molecular weight excluding hydrogens is 468 g/mol. The van der Waals surface area contributed by atoms with E-state index in [4.69, 9.17) is 18.9 Å². The molecule has 6 N–H and O–H groups in total. The van der Waals surface area contributed by atoms with Crippen molar-refractivity contribution in [3.05, 3.63) is 41.7 Å². The molecule has 2 fully saturated rings. The summed E-state index contributed by atoms with van der Waals surface area (Å²) in [4.78, 5) is 23.8. The van der Waals surface area contributed by atoms with E-state index in [1.54, 1.807) is 6.92 Å². The third-order valence-corrected chi connectivity index (χ3v) is 6.88. The lowest BCUT2D eigenvalue weighted by atomic mass is 9.83. The first kappa shape index (κ1) is 25.4. The molecule has 10 atom stereocenters. The number of phenols is 1. The number of carboxylic acid groups (broad SMARTS) is 1. The van der Waals surface area contributed by atoms with E-state index in [-0.39, 0.29) is 23.3 Å². The maximum absolute atomic E-state index is 12.2. The van der Waals surface area contributed by atoms with Gasteiger partial charge in [-0.1, -0.05) is 6.92 Å².